The van der Waals surface area contributed by atoms with Crippen molar-refractivity contribution in [3.05, 3.63) is 26.6 Å². The summed E-state index contributed by atoms with van der Waals surface area (Å²) in [6.07, 6.45) is 2.52. The van der Waals surface area contributed by atoms with Gasteiger partial charge in [0.15, 0.2) is 0 Å². The summed E-state index contributed by atoms with van der Waals surface area (Å²) < 4.78 is 2.30. The quantitative estimate of drug-likeness (QED) is 0.765. The first-order chi connectivity index (χ1) is 7.58. The highest BCUT2D eigenvalue weighted by atomic mass is 79.9. The van der Waals surface area contributed by atoms with Crippen LogP contribution in [0.4, 0.5) is 5.69 Å². The Balaban J connectivity index is 2.08. The molecule has 2 aliphatic heterocycles. The lowest BCUT2D eigenvalue weighted by Crippen LogP contribution is -2.50. The molecule has 1 atom stereocenters. The Kier molecular flexibility index (Phi) is 2.57. The Morgan fingerprint density at radius 1 is 1.38 bits per heavy atom. The average molecular weight is 346 g/mol. The van der Waals surface area contributed by atoms with Crippen LogP contribution in [-0.2, 0) is 6.54 Å². The van der Waals surface area contributed by atoms with Gasteiger partial charge >= 0.3 is 0 Å². The molecule has 0 aliphatic carbocycles. The molecule has 0 saturated carbocycles. The highest BCUT2D eigenvalue weighted by Crippen LogP contribution is 2.42. The third-order valence-electron chi connectivity index (χ3n) is 3.68. The van der Waals surface area contributed by atoms with Gasteiger partial charge in [0.2, 0.25) is 0 Å². The van der Waals surface area contributed by atoms with Gasteiger partial charge in [-0.1, -0.05) is 15.9 Å². The van der Waals surface area contributed by atoms with Crippen molar-refractivity contribution in [3.8, 4) is 0 Å². The van der Waals surface area contributed by atoms with Gasteiger partial charge in [-0.15, -0.1) is 0 Å². The monoisotopic (exact) mass is 344 g/mol. The summed E-state index contributed by atoms with van der Waals surface area (Å²) in [6.45, 7) is 4.56. The summed E-state index contributed by atoms with van der Waals surface area (Å²) >= 11 is 7.19. The lowest BCUT2D eigenvalue weighted by atomic mass is 10.0. The van der Waals surface area contributed by atoms with E-state index in [2.05, 4.69) is 61.1 Å². The van der Waals surface area contributed by atoms with E-state index in [1.54, 1.807) is 0 Å². The summed E-state index contributed by atoms with van der Waals surface area (Å²) in [5.41, 5.74) is 2.80. The van der Waals surface area contributed by atoms with Crippen LogP contribution in [0.5, 0.6) is 0 Å². The average Bonchev–Trinajstić information content (AvgIpc) is 2.56. The zero-order valence-corrected chi connectivity index (χ0v) is 12.4. The fourth-order valence-electron chi connectivity index (χ4n) is 2.78. The number of fused-ring (bicyclic) bond motifs is 2. The molecule has 1 aromatic rings. The Morgan fingerprint density at radius 2 is 2.19 bits per heavy atom. The van der Waals surface area contributed by atoms with Gasteiger partial charge in [0.25, 0.3) is 0 Å². The second-order valence-electron chi connectivity index (χ2n) is 4.85. The second-order valence-corrected chi connectivity index (χ2v) is 6.62. The van der Waals surface area contributed by atoms with Crippen molar-refractivity contribution in [3.63, 3.8) is 0 Å². The minimum absolute atomic E-state index is 0.156. The lowest BCUT2D eigenvalue weighted by molar-refractivity contribution is 0.165. The van der Waals surface area contributed by atoms with Gasteiger partial charge in [-0.25, -0.2) is 0 Å². The van der Waals surface area contributed by atoms with Gasteiger partial charge in [0, 0.05) is 22.0 Å². The highest BCUT2D eigenvalue weighted by Gasteiger charge is 2.40. The van der Waals surface area contributed by atoms with E-state index in [-0.39, 0.29) is 5.66 Å². The standard InChI is InChI=1S/C12H14Br2N2/c1-12-3-2-4-16(12)7-8-5-9(13)6-10(14)11(8)15-12/h5-6,15H,2-4,7H2,1H3. The van der Waals surface area contributed by atoms with Gasteiger partial charge in [0.1, 0.15) is 0 Å². The Hall–Kier alpha value is -0.0600. The van der Waals surface area contributed by atoms with Gasteiger partial charge in [-0.3, -0.25) is 4.90 Å². The third-order valence-corrected chi connectivity index (χ3v) is 4.76. The molecule has 86 valence electrons. The van der Waals surface area contributed by atoms with E-state index in [1.807, 2.05) is 0 Å². The van der Waals surface area contributed by atoms with Crippen molar-refractivity contribution in [2.24, 2.45) is 0 Å². The molecule has 2 aliphatic rings. The van der Waals surface area contributed by atoms with E-state index in [4.69, 9.17) is 0 Å². The van der Waals surface area contributed by atoms with Gasteiger partial charge in [-0.05, 0) is 53.4 Å². The van der Waals surface area contributed by atoms with Crippen molar-refractivity contribution in [2.45, 2.75) is 32.0 Å². The minimum atomic E-state index is 0.156. The molecular weight excluding hydrogens is 332 g/mol. The van der Waals surface area contributed by atoms with Crippen molar-refractivity contribution in [1.82, 2.24) is 4.90 Å². The summed E-state index contributed by atoms with van der Waals surface area (Å²) in [5.74, 6) is 0. The maximum absolute atomic E-state index is 3.69. The second kappa shape index (κ2) is 3.72. The minimum Gasteiger partial charge on any atom is -0.366 e. The summed E-state index contributed by atoms with van der Waals surface area (Å²) in [7, 11) is 0. The number of hydrogen-bond donors (Lipinski definition) is 1. The van der Waals surface area contributed by atoms with Crippen molar-refractivity contribution in [1.29, 1.82) is 0 Å². The molecule has 1 fully saturated rings. The maximum atomic E-state index is 3.69. The zero-order valence-electron chi connectivity index (χ0n) is 9.19. The largest absolute Gasteiger partial charge is 0.366 e. The predicted octanol–water partition coefficient (Wildman–Crippen LogP) is 3.95. The molecule has 2 nitrogen and oxygen atoms in total. The Morgan fingerprint density at radius 3 is 3.00 bits per heavy atom. The molecule has 0 aromatic heterocycles. The zero-order chi connectivity index (χ0) is 11.3. The Bertz CT molecular complexity index is 447. The third kappa shape index (κ3) is 1.62. The van der Waals surface area contributed by atoms with E-state index in [9.17, 15) is 0 Å². The summed E-state index contributed by atoms with van der Waals surface area (Å²) in [6, 6.07) is 4.32. The van der Waals surface area contributed by atoms with E-state index in [0.29, 0.717) is 0 Å². The van der Waals surface area contributed by atoms with Crippen LogP contribution < -0.4 is 5.32 Å². The topological polar surface area (TPSA) is 15.3 Å². The van der Waals surface area contributed by atoms with Crippen LogP contribution in [0.15, 0.2) is 21.1 Å². The van der Waals surface area contributed by atoms with Gasteiger partial charge in [0.05, 0.1) is 11.4 Å². The van der Waals surface area contributed by atoms with E-state index >= 15 is 0 Å². The van der Waals surface area contributed by atoms with E-state index in [0.717, 1.165) is 15.5 Å². The first-order valence-corrected chi connectivity index (χ1v) is 7.18. The Labute approximate surface area is 113 Å². The molecule has 2 heterocycles. The van der Waals surface area contributed by atoms with E-state index < -0.39 is 0 Å². The van der Waals surface area contributed by atoms with Gasteiger partial charge < -0.3 is 5.32 Å². The van der Waals surface area contributed by atoms with Crippen LogP contribution in [0.3, 0.4) is 0 Å². The van der Waals surface area contributed by atoms with Crippen LogP contribution in [0.2, 0.25) is 0 Å². The number of anilines is 1. The molecule has 0 radical (unpaired) electrons. The van der Waals surface area contributed by atoms with Gasteiger partial charge in [-0.2, -0.15) is 0 Å². The molecule has 3 rings (SSSR count). The van der Waals surface area contributed by atoms with E-state index in [1.165, 1.54) is 30.6 Å². The number of nitrogens with one attached hydrogen (secondary N) is 1. The number of benzene rings is 1. The van der Waals surface area contributed by atoms with Crippen LogP contribution in [0.25, 0.3) is 0 Å². The van der Waals surface area contributed by atoms with Crippen molar-refractivity contribution in [2.75, 3.05) is 11.9 Å². The number of nitrogens with zero attached hydrogens (tertiary/aromatic N) is 1. The molecule has 4 heteroatoms. The molecule has 0 spiro atoms. The molecule has 1 aromatic carbocycles. The van der Waals surface area contributed by atoms with Crippen LogP contribution in [0.1, 0.15) is 25.3 Å². The fraction of sp³-hybridized carbons (Fsp3) is 0.500. The summed E-state index contributed by atoms with van der Waals surface area (Å²) in [4.78, 5) is 2.54. The molecule has 1 saturated heterocycles. The number of hydrogen-bond acceptors (Lipinski definition) is 2. The van der Waals surface area contributed by atoms with Crippen LogP contribution in [-0.4, -0.2) is 17.1 Å². The summed E-state index contributed by atoms with van der Waals surface area (Å²) in [5, 5.41) is 3.69. The molecule has 0 bridgehead atoms. The fourth-order valence-corrected chi connectivity index (χ4v) is 4.19. The SMILES string of the molecule is CC12CCCN1Cc1cc(Br)cc(Br)c1N2. The van der Waals surface area contributed by atoms with Crippen molar-refractivity contribution < 1.29 is 0 Å². The first-order valence-electron chi connectivity index (χ1n) is 5.60. The highest BCUT2D eigenvalue weighted by molar-refractivity contribution is 9.11. The lowest BCUT2D eigenvalue weighted by Gasteiger charge is -2.42. The number of rotatable bonds is 0. The predicted molar refractivity (Wildman–Crippen MR) is 73.5 cm³/mol. The molecule has 16 heavy (non-hydrogen) atoms. The number of halogens is 2. The van der Waals surface area contributed by atoms with Crippen LogP contribution in [0, 0.1) is 0 Å². The smallest absolute Gasteiger partial charge is 0.0881 e. The van der Waals surface area contributed by atoms with Crippen LogP contribution >= 0.6 is 31.9 Å². The molecule has 1 N–H and O–H groups in total. The molecule has 1 unspecified atom stereocenters. The maximum Gasteiger partial charge on any atom is 0.0881 e. The first kappa shape index (κ1) is 11.1. The molecule has 0 amide bonds. The molecular formula is C12H14Br2N2. The van der Waals surface area contributed by atoms with Crippen molar-refractivity contribution >= 4 is 37.5 Å². The normalized spacial score (nSPS) is 28.4.